The minimum atomic E-state index is -2.91. The topological polar surface area (TPSA) is 54.4 Å². The normalized spacial score (nSPS) is 34.1. The van der Waals surface area contributed by atoms with Crippen molar-refractivity contribution >= 4 is 9.84 Å². The lowest BCUT2D eigenvalue weighted by molar-refractivity contribution is 0.0367. The average Bonchev–Trinajstić information content (AvgIpc) is 2.56. The van der Waals surface area contributed by atoms with Crippen LogP contribution in [0.2, 0.25) is 0 Å². The van der Waals surface area contributed by atoms with Gasteiger partial charge in [-0.25, -0.2) is 8.42 Å². The molecule has 1 aliphatic carbocycles. The highest BCUT2D eigenvalue weighted by atomic mass is 32.2. The molecule has 4 heteroatoms. The third-order valence-electron chi connectivity index (χ3n) is 3.85. The summed E-state index contributed by atoms with van der Waals surface area (Å²) < 4.78 is 23.6. The third-order valence-corrected chi connectivity index (χ3v) is 6.13. The van der Waals surface area contributed by atoms with Crippen molar-refractivity contribution in [3.8, 4) is 0 Å². The summed E-state index contributed by atoms with van der Waals surface area (Å²) >= 11 is 0. The zero-order valence-corrected chi connectivity index (χ0v) is 9.93. The number of hydrogen-bond acceptors (Lipinski definition) is 3. The standard InChI is InChI=1S/C11H20O3S/c12-11(6-2-3-7-11)9-10-5-1-4-8-15(10,13)14/h10,12H,1-9H2. The first kappa shape index (κ1) is 11.4. The van der Waals surface area contributed by atoms with Gasteiger partial charge in [0.05, 0.1) is 16.6 Å². The van der Waals surface area contributed by atoms with Crippen LogP contribution in [-0.4, -0.2) is 30.1 Å². The van der Waals surface area contributed by atoms with Crippen molar-refractivity contribution in [1.82, 2.24) is 0 Å². The summed E-state index contributed by atoms with van der Waals surface area (Å²) in [5, 5.41) is 9.94. The van der Waals surface area contributed by atoms with Crippen LogP contribution in [0.1, 0.15) is 51.4 Å². The second-order valence-electron chi connectivity index (χ2n) is 5.12. The van der Waals surface area contributed by atoms with E-state index in [9.17, 15) is 13.5 Å². The summed E-state index contributed by atoms with van der Waals surface area (Å²) in [6.07, 6.45) is 6.71. The molecule has 88 valence electrons. The fourth-order valence-corrected chi connectivity index (χ4v) is 4.94. The summed E-state index contributed by atoms with van der Waals surface area (Å²) in [6, 6.07) is 0. The van der Waals surface area contributed by atoms with E-state index in [1.165, 1.54) is 0 Å². The summed E-state index contributed by atoms with van der Waals surface area (Å²) in [5.41, 5.74) is -0.672. The van der Waals surface area contributed by atoms with E-state index in [0.717, 1.165) is 44.9 Å². The van der Waals surface area contributed by atoms with Crippen molar-refractivity contribution in [2.24, 2.45) is 0 Å². The van der Waals surface area contributed by atoms with E-state index in [1.807, 2.05) is 0 Å². The number of aliphatic hydroxyl groups is 1. The molecule has 0 aromatic heterocycles. The van der Waals surface area contributed by atoms with Crippen LogP contribution in [0.3, 0.4) is 0 Å². The molecule has 1 saturated carbocycles. The van der Waals surface area contributed by atoms with Gasteiger partial charge in [0.2, 0.25) is 0 Å². The number of hydrogen-bond donors (Lipinski definition) is 1. The maximum absolute atomic E-state index is 11.8. The Labute approximate surface area is 91.8 Å². The predicted octanol–water partition coefficient (Wildman–Crippen LogP) is 1.65. The lowest BCUT2D eigenvalue weighted by atomic mass is 9.94. The van der Waals surface area contributed by atoms with E-state index >= 15 is 0 Å². The van der Waals surface area contributed by atoms with Gasteiger partial charge < -0.3 is 5.11 Å². The Kier molecular flexibility index (Phi) is 3.08. The minimum absolute atomic E-state index is 0.269. The molecular weight excluding hydrogens is 212 g/mol. The van der Waals surface area contributed by atoms with Gasteiger partial charge in [-0.3, -0.25) is 0 Å². The summed E-state index contributed by atoms with van der Waals surface area (Å²) in [5.74, 6) is 0.327. The molecule has 1 heterocycles. The Morgan fingerprint density at radius 1 is 1.13 bits per heavy atom. The molecule has 0 spiro atoms. The van der Waals surface area contributed by atoms with E-state index in [1.54, 1.807) is 0 Å². The number of rotatable bonds is 2. The van der Waals surface area contributed by atoms with Gasteiger partial charge in [0.25, 0.3) is 0 Å². The Balaban J connectivity index is 2.04. The molecule has 0 aromatic rings. The summed E-state index contributed by atoms with van der Waals surface area (Å²) in [7, 11) is -2.91. The highest BCUT2D eigenvalue weighted by Crippen LogP contribution is 2.37. The average molecular weight is 232 g/mol. The van der Waals surface area contributed by atoms with Gasteiger partial charge in [0, 0.05) is 0 Å². The van der Waals surface area contributed by atoms with Crippen LogP contribution in [0.5, 0.6) is 0 Å². The lowest BCUT2D eigenvalue weighted by Crippen LogP contribution is -2.37. The van der Waals surface area contributed by atoms with Crippen LogP contribution in [0.25, 0.3) is 0 Å². The van der Waals surface area contributed by atoms with Gasteiger partial charge >= 0.3 is 0 Å². The molecule has 2 rings (SSSR count). The van der Waals surface area contributed by atoms with Crippen LogP contribution in [-0.2, 0) is 9.84 Å². The van der Waals surface area contributed by atoms with Gasteiger partial charge in [-0.1, -0.05) is 19.3 Å². The van der Waals surface area contributed by atoms with Gasteiger partial charge in [-0.15, -0.1) is 0 Å². The molecular formula is C11H20O3S. The minimum Gasteiger partial charge on any atom is -0.390 e. The maximum Gasteiger partial charge on any atom is 0.153 e. The summed E-state index contributed by atoms with van der Waals surface area (Å²) in [6.45, 7) is 0. The Morgan fingerprint density at radius 2 is 1.80 bits per heavy atom. The molecule has 2 aliphatic rings. The van der Waals surface area contributed by atoms with E-state index < -0.39 is 15.4 Å². The molecule has 1 aliphatic heterocycles. The van der Waals surface area contributed by atoms with Crippen molar-refractivity contribution in [3.63, 3.8) is 0 Å². The van der Waals surface area contributed by atoms with Crippen LogP contribution < -0.4 is 0 Å². The fourth-order valence-electron chi connectivity index (χ4n) is 2.91. The second kappa shape index (κ2) is 4.06. The SMILES string of the molecule is O=S1(=O)CCCCC1CC1(O)CCCC1. The quantitative estimate of drug-likeness (QED) is 0.787. The highest BCUT2D eigenvalue weighted by Gasteiger charge is 2.39. The van der Waals surface area contributed by atoms with Crippen LogP contribution in [0.4, 0.5) is 0 Å². The number of sulfone groups is 1. The van der Waals surface area contributed by atoms with E-state index in [-0.39, 0.29) is 5.25 Å². The van der Waals surface area contributed by atoms with Crippen LogP contribution in [0, 0.1) is 0 Å². The molecule has 0 amide bonds. The Morgan fingerprint density at radius 3 is 2.40 bits per heavy atom. The van der Waals surface area contributed by atoms with Crippen LogP contribution in [0.15, 0.2) is 0 Å². The Bertz CT molecular complexity index is 315. The molecule has 1 unspecified atom stereocenters. The van der Waals surface area contributed by atoms with Crippen molar-refractivity contribution < 1.29 is 13.5 Å². The molecule has 0 bridgehead atoms. The first-order chi connectivity index (χ1) is 7.02. The first-order valence-electron chi connectivity index (χ1n) is 5.96. The van der Waals surface area contributed by atoms with Crippen molar-refractivity contribution in [2.45, 2.75) is 62.2 Å². The van der Waals surface area contributed by atoms with E-state index in [0.29, 0.717) is 12.2 Å². The monoisotopic (exact) mass is 232 g/mol. The Hall–Kier alpha value is -0.0900. The molecule has 15 heavy (non-hydrogen) atoms. The zero-order chi connectivity index (χ0) is 10.9. The third kappa shape index (κ3) is 2.53. The highest BCUT2D eigenvalue weighted by molar-refractivity contribution is 7.92. The molecule has 1 saturated heterocycles. The van der Waals surface area contributed by atoms with Crippen LogP contribution >= 0.6 is 0 Å². The predicted molar refractivity (Wildman–Crippen MR) is 59.5 cm³/mol. The molecule has 0 aromatic carbocycles. The molecule has 3 nitrogen and oxygen atoms in total. The van der Waals surface area contributed by atoms with Gasteiger partial charge in [0.1, 0.15) is 0 Å². The molecule has 1 atom stereocenters. The molecule has 1 N–H and O–H groups in total. The summed E-state index contributed by atoms with van der Waals surface area (Å²) in [4.78, 5) is 0. The van der Waals surface area contributed by atoms with Gasteiger partial charge in [-0.2, -0.15) is 0 Å². The maximum atomic E-state index is 11.8. The lowest BCUT2D eigenvalue weighted by Gasteiger charge is -2.30. The van der Waals surface area contributed by atoms with Gasteiger partial charge in [-0.05, 0) is 32.1 Å². The van der Waals surface area contributed by atoms with E-state index in [2.05, 4.69) is 0 Å². The molecule has 0 radical (unpaired) electrons. The van der Waals surface area contributed by atoms with Gasteiger partial charge in [0.15, 0.2) is 9.84 Å². The zero-order valence-electron chi connectivity index (χ0n) is 9.11. The van der Waals surface area contributed by atoms with Crippen molar-refractivity contribution in [1.29, 1.82) is 0 Å². The smallest absolute Gasteiger partial charge is 0.153 e. The van der Waals surface area contributed by atoms with Crippen molar-refractivity contribution in [2.75, 3.05) is 5.75 Å². The fraction of sp³-hybridized carbons (Fsp3) is 1.00. The largest absolute Gasteiger partial charge is 0.390 e. The molecule has 2 fully saturated rings. The van der Waals surface area contributed by atoms with Crippen molar-refractivity contribution in [3.05, 3.63) is 0 Å². The van der Waals surface area contributed by atoms with E-state index in [4.69, 9.17) is 0 Å². The first-order valence-corrected chi connectivity index (χ1v) is 7.67. The second-order valence-corrected chi connectivity index (χ2v) is 7.52.